The minimum Gasteiger partial charge on any atom is -0.391 e. The van der Waals surface area contributed by atoms with E-state index in [1.165, 1.54) is 0 Å². The Kier molecular flexibility index (Phi) is 5.98. The molecule has 0 heterocycles. The first-order valence-corrected chi connectivity index (χ1v) is 6.07. The average Bonchev–Trinajstić information content (AvgIpc) is 2.30. The van der Waals surface area contributed by atoms with Crippen molar-refractivity contribution in [3.63, 3.8) is 0 Å². The van der Waals surface area contributed by atoms with Crippen LogP contribution in [0.5, 0.6) is 0 Å². The Balaban J connectivity index is 2.51. The van der Waals surface area contributed by atoms with Gasteiger partial charge in [-0.1, -0.05) is 15.9 Å². The van der Waals surface area contributed by atoms with Gasteiger partial charge in [-0.25, -0.2) is 0 Å². The number of ether oxygens (including phenoxy) is 1. The topological polar surface area (TPSA) is 65.3 Å². The summed E-state index contributed by atoms with van der Waals surface area (Å²) in [6, 6.07) is 7.53. The highest BCUT2D eigenvalue weighted by Crippen LogP contribution is 2.20. The number of nitriles is 1. The van der Waals surface area contributed by atoms with E-state index < -0.39 is 6.10 Å². The number of aliphatic hydroxyl groups is 1. The Morgan fingerprint density at radius 1 is 1.59 bits per heavy atom. The van der Waals surface area contributed by atoms with Crippen molar-refractivity contribution in [2.24, 2.45) is 0 Å². The number of benzene rings is 1. The third-order valence-electron chi connectivity index (χ3n) is 2.25. The molecule has 1 rings (SSSR count). The molecule has 0 amide bonds. The second kappa shape index (κ2) is 7.28. The van der Waals surface area contributed by atoms with Gasteiger partial charge in [0.25, 0.3) is 0 Å². The minimum atomic E-state index is -0.481. The summed E-state index contributed by atoms with van der Waals surface area (Å²) >= 11 is 3.35. The van der Waals surface area contributed by atoms with Gasteiger partial charge in [0.1, 0.15) is 6.07 Å². The van der Waals surface area contributed by atoms with Gasteiger partial charge in [-0.2, -0.15) is 5.26 Å². The molecule has 92 valence electrons. The minimum absolute atomic E-state index is 0.325. The molecule has 0 fully saturated rings. The molecule has 1 aromatic rings. The van der Waals surface area contributed by atoms with Gasteiger partial charge in [0, 0.05) is 18.1 Å². The van der Waals surface area contributed by atoms with Crippen LogP contribution in [0.2, 0.25) is 0 Å². The molecule has 1 unspecified atom stereocenters. The van der Waals surface area contributed by atoms with E-state index in [9.17, 15) is 5.11 Å². The highest BCUT2D eigenvalue weighted by Gasteiger charge is 2.05. The number of nitrogens with one attached hydrogen (secondary N) is 1. The fourth-order valence-corrected chi connectivity index (χ4v) is 1.77. The van der Waals surface area contributed by atoms with E-state index in [0.29, 0.717) is 25.1 Å². The first kappa shape index (κ1) is 14.0. The monoisotopic (exact) mass is 298 g/mol. The largest absolute Gasteiger partial charge is 0.391 e. The van der Waals surface area contributed by atoms with Gasteiger partial charge in [-0.15, -0.1) is 0 Å². The molecule has 0 aliphatic heterocycles. The molecule has 0 aromatic heterocycles. The van der Waals surface area contributed by atoms with Crippen LogP contribution in [-0.2, 0) is 4.74 Å². The lowest BCUT2D eigenvalue weighted by Gasteiger charge is -2.12. The summed E-state index contributed by atoms with van der Waals surface area (Å²) in [6.07, 6.45) is 0.0933. The molecule has 0 aliphatic carbocycles. The summed E-state index contributed by atoms with van der Waals surface area (Å²) < 4.78 is 5.75. The zero-order chi connectivity index (χ0) is 12.7. The Labute approximate surface area is 109 Å². The Bertz CT molecular complexity index is 404. The number of rotatable bonds is 6. The number of aliphatic hydroxyl groups excluding tert-OH is 1. The fraction of sp³-hybridized carbons (Fsp3) is 0.417. The number of methoxy groups -OCH3 is 1. The summed E-state index contributed by atoms with van der Waals surface area (Å²) in [5.41, 5.74) is 1.36. The lowest BCUT2D eigenvalue weighted by atomic mass is 10.2. The standard InChI is InChI=1S/C12H15BrN2O2/c1-17-8-11(16)4-5-15-12-6-10(13)3-2-9(12)7-14/h2-3,6,11,15-16H,4-5,8H2,1H3. The maximum Gasteiger partial charge on any atom is 0.101 e. The van der Waals surface area contributed by atoms with Gasteiger partial charge in [0.2, 0.25) is 0 Å². The van der Waals surface area contributed by atoms with Crippen LogP contribution in [0.3, 0.4) is 0 Å². The van der Waals surface area contributed by atoms with Crippen molar-refractivity contribution >= 4 is 21.6 Å². The Hall–Kier alpha value is -1.09. The number of hydrogen-bond donors (Lipinski definition) is 2. The van der Waals surface area contributed by atoms with Crippen LogP contribution < -0.4 is 5.32 Å². The van der Waals surface area contributed by atoms with Crippen molar-refractivity contribution in [3.8, 4) is 6.07 Å². The molecule has 0 aliphatic rings. The zero-order valence-corrected chi connectivity index (χ0v) is 11.2. The maximum absolute atomic E-state index is 9.47. The van der Waals surface area contributed by atoms with Crippen LogP contribution in [-0.4, -0.2) is 31.5 Å². The van der Waals surface area contributed by atoms with Crippen molar-refractivity contribution in [2.45, 2.75) is 12.5 Å². The predicted octanol–water partition coefficient (Wildman–Crippen LogP) is 2.13. The lowest BCUT2D eigenvalue weighted by molar-refractivity contribution is 0.0615. The van der Waals surface area contributed by atoms with Gasteiger partial charge < -0.3 is 15.2 Å². The molecular weight excluding hydrogens is 284 g/mol. The Morgan fingerprint density at radius 3 is 3.00 bits per heavy atom. The van der Waals surface area contributed by atoms with Gasteiger partial charge in [-0.05, 0) is 24.6 Å². The molecule has 1 aromatic carbocycles. The van der Waals surface area contributed by atoms with Crippen molar-refractivity contribution in [3.05, 3.63) is 28.2 Å². The van der Waals surface area contributed by atoms with E-state index in [4.69, 9.17) is 10.00 Å². The molecule has 0 bridgehead atoms. The molecule has 4 nitrogen and oxygen atoms in total. The van der Waals surface area contributed by atoms with Crippen LogP contribution in [0.25, 0.3) is 0 Å². The highest BCUT2D eigenvalue weighted by atomic mass is 79.9. The number of halogens is 1. The maximum atomic E-state index is 9.47. The van der Waals surface area contributed by atoms with Gasteiger partial charge in [0.05, 0.1) is 24.0 Å². The van der Waals surface area contributed by atoms with Crippen molar-refractivity contribution in [1.82, 2.24) is 0 Å². The third kappa shape index (κ3) is 4.73. The van der Waals surface area contributed by atoms with E-state index in [1.54, 1.807) is 13.2 Å². The molecule has 5 heteroatoms. The summed E-state index contributed by atoms with van der Waals surface area (Å²) in [4.78, 5) is 0. The summed E-state index contributed by atoms with van der Waals surface area (Å²) in [7, 11) is 1.55. The van der Waals surface area contributed by atoms with E-state index in [-0.39, 0.29) is 0 Å². The molecular formula is C12H15BrN2O2. The average molecular weight is 299 g/mol. The fourth-order valence-electron chi connectivity index (χ4n) is 1.41. The summed E-state index contributed by atoms with van der Waals surface area (Å²) in [5, 5.41) is 21.5. The zero-order valence-electron chi connectivity index (χ0n) is 9.61. The molecule has 2 N–H and O–H groups in total. The predicted molar refractivity (Wildman–Crippen MR) is 69.8 cm³/mol. The number of hydrogen-bond acceptors (Lipinski definition) is 4. The van der Waals surface area contributed by atoms with E-state index in [0.717, 1.165) is 10.2 Å². The number of anilines is 1. The van der Waals surface area contributed by atoms with Gasteiger partial charge in [-0.3, -0.25) is 0 Å². The van der Waals surface area contributed by atoms with Crippen LogP contribution in [0, 0.1) is 11.3 Å². The Morgan fingerprint density at radius 2 is 2.35 bits per heavy atom. The number of nitrogens with zero attached hydrogens (tertiary/aromatic N) is 1. The molecule has 0 saturated heterocycles. The van der Waals surface area contributed by atoms with Crippen LogP contribution in [0.1, 0.15) is 12.0 Å². The van der Waals surface area contributed by atoms with Crippen LogP contribution in [0.4, 0.5) is 5.69 Å². The van der Waals surface area contributed by atoms with E-state index >= 15 is 0 Å². The lowest BCUT2D eigenvalue weighted by Crippen LogP contribution is -2.18. The molecule has 0 radical (unpaired) electrons. The highest BCUT2D eigenvalue weighted by molar-refractivity contribution is 9.10. The van der Waals surface area contributed by atoms with E-state index in [2.05, 4.69) is 27.3 Å². The first-order chi connectivity index (χ1) is 8.17. The smallest absolute Gasteiger partial charge is 0.101 e. The molecule has 0 saturated carbocycles. The van der Waals surface area contributed by atoms with Gasteiger partial charge in [0.15, 0.2) is 0 Å². The van der Waals surface area contributed by atoms with E-state index in [1.807, 2.05) is 12.1 Å². The second-order valence-corrected chi connectivity index (χ2v) is 4.54. The van der Waals surface area contributed by atoms with Crippen molar-refractivity contribution in [2.75, 3.05) is 25.6 Å². The third-order valence-corrected chi connectivity index (χ3v) is 2.75. The van der Waals surface area contributed by atoms with Crippen LogP contribution in [0.15, 0.2) is 22.7 Å². The SMILES string of the molecule is COCC(O)CCNc1cc(Br)ccc1C#N. The summed E-state index contributed by atoms with van der Waals surface area (Å²) in [5.74, 6) is 0. The van der Waals surface area contributed by atoms with Crippen LogP contribution >= 0.6 is 15.9 Å². The quantitative estimate of drug-likeness (QED) is 0.844. The molecule has 17 heavy (non-hydrogen) atoms. The van der Waals surface area contributed by atoms with Crippen molar-refractivity contribution in [1.29, 1.82) is 5.26 Å². The first-order valence-electron chi connectivity index (χ1n) is 5.28. The van der Waals surface area contributed by atoms with Gasteiger partial charge >= 0.3 is 0 Å². The normalized spacial score (nSPS) is 11.9. The summed E-state index contributed by atoms with van der Waals surface area (Å²) in [6.45, 7) is 0.918. The molecule has 0 spiro atoms. The second-order valence-electron chi connectivity index (χ2n) is 3.63. The molecule has 1 atom stereocenters. The van der Waals surface area contributed by atoms with Crippen molar-refractivity contribution < 1.29 is 9.84 Å².